The number of hydrogen-bond donors (Lipinski definition) is 0. The second-order valence-corrected chi connectivity index (χ2v) is 25.4. The summed E-state index contributed by atoms with van der Waals surface area (Å²) in [7, 11) is 0. The lowest BCUT2D eigenvalue weighted by atomic mass is 9.33. The van der Waals surface area contributed by atoms with Crippen molar-refractivity contribution < 1.29 is 0 Å². The number of fused-ring (bicyclic) bond motifs is 14. The summed E-state index contributed by atoms with van der Waals surface area (Å²) in [5, 5.41) is 7.22. The van der Waals surface area contributed by atoms with Crippen molar-refractivity contribution in [2.24, 2.45) is 0 Å². The number of benzene rings is 15. The topological polar surface area (TPSA) is 21.3 Å². The molecule has 18 aromatic rings. The molecule has 5 heterocycles. The van der Waals surface area contributed by atoms with E-state index in [9.17, 15) is 0 Å². The summed E-state index contributed by atoms with van der Waals surface area (Å²) < 4.78 is 7.51. The molecule has 2 aliphatic rings. The van der Waals surface area contributed by atoms with Gasteiger partial charge in [0, 0.05) is 83.0 Å². The third kappa shape index (κ3) is 8.00. The molecule has 3 aromatic heterocycles. The van der Waals surface area contributed by atoms with Crippen LogP contribution in [0.4, 0.5) is 34.1 Å². The summed E-state index contributed by atoms with van der Waals surface area (Å²) in [4.78, 5) is 5.42. The summed E-state index contributed by atoms with van der Waals surface area (Å²) in [5.74, 6) is 0. The molecular weight excluding hydrogens is 1160 g/mol. The zero-order valence-electron chi connectivity index (χ0n) is 52.3. The first-order chi connectivity index (χ1) is 47.7. The molecular formula is C90H58BN5. The van der Waals surface area contributed by atoms with Gasteiger partial charge in [-0.15, -0.1) is 0 Å². The predicted molar refractivity (Wildman–Crippen MR) is 405 cm³/mol. The number of anilines is 6. The Morgan fingerprint density at radius 1 is 0.208 bits per heavy atom. The van der Waals surface area contributed by atoms with Gasteiger partial charge in [0.2, 0.25) is 0 Å². The molecule has 0 unspecified atom stereocenters. The minimum Gasteiger partial charge on any atom is -0.310 e. The zero-order chi connectivity index (χ0) is 63.0. The van der Waals surface area contributed by atoms with E-state index in [0.717, 1.165) is 129 Å². The second-order valence-electron chi connectivity index (χ2n) is 25.4. The second kappa shape index (κ2) is 21.5. The van der Waals surface area contributed by atoms with Crippen LogP contribution in [-0.2, 0) is 0 Å². The van der Waals surface area contributed by atoms with Gasteiger partial charge in [-0.3, -0.25) is 0 Å². The van der Waals surface area contributed by atoms with Gasteiger partial charge in [-0.2, -0.15) is 0 Å². The molecule has 0 N–H and O–H groups in total. The first kappa shape index (κ1) is 54.0. The number of nitrogens with zero attached hydrogens (tertiary/aromatic N) is 5. The van der Waals surface area contributed by atoms with Crippen molar-refractivity contribution in [3.05, 3.63) is 352 Å². The van der Waals surface area contributed by atoms with Gasteiger partial charge in [0.1, 0.15) is 0 Å². The van der Waals surface area contributed by atoms with Crippen LogP contribution in [-0.4, -0.2) is 20.4 Å². The van der Waals surface area contributed by atoms with Crippen LogP contribution in [0, 0.1) is 0 Å². The highest BCUT2D eigenvalue weighted by atomic mass is 15.2. The van der Waals surface area contributed by atoms with Crippen molar-refractivity contribution in [3.63, 3.8) is 0 Å². The average Bonchev–Trinajstić information content (AvgIpc) is 1.05. The van der Waals surface area contributed by atoms with Crippen LogP contribution in [0.25, 0.3) is 127 Å². The quantitative estimate of drug-likeness (QED) is 0.134. The number of para-hydroxylation sites is 8. The van der Waals surface area contributed by atoms with Crippen LogP contribution >= 0.6 is 0 Å². The lowest BCUT2D eigenvalue weighted by molar-refractivity contribution is 1.15. The maximum absolute atomic E-state index is 2.73. The maximum Gasteiger partial charge on any atom is 0.252 e. The Labute approximate surface area is 556 Å². The SMILES string of the molecule is c1ccc(-c2cccc(-c3ccccc3)c2N2c3cc(-n4c5ccccc5c5ccccc54)ccc3B3c4ccc5c(c4N(c4c(-c6ccccc6)cccc4-c4ccccc4)c4cc(-n6c7ccccc7c7ccccc76)cc2c43)c2ccccc2n5-c2ccccc2)cc1. The van der Waals surface area contributed by atoms with Gasteiger partial charge in [-0.25, -0.2) is 0 Å². The van der Waals surface area contributed by atoms with Crippen LogP contribution in [0.2, 0.25) is 0 Å². The molecule has 0 radical (unpaired) electrons. The molecule has 20 rings (SSSR count). The number of rotatable bonds is 9. The predicted octanol–water partition coefficient (Wildman–Crippen LogP) is 21.7. The van der Waals surface area contributed by atoms with Gasteiger partial charge >= 0.3 is 0 Å². The molecule has 6 heteroatoms. The van der Waals surface area contributed by atoms with E-state index in [-0.39, 0.29) is 6.71 Å². The fourth-order valence-electron chi connectivity index (χ4n) is 16.5. The van der Waals surface area contributed by atoms with Crippen molar-refractivity contribution in [2.45, 2.75) is 0 Å². The first-order valence-corrected chi connectivity index (χ1v) is 33.2. The van der Waals surface area contributed by atoms with E-state index in [2.05, 4.69) is 375 Å². The molecule has 15 aromatic carbocycles. The smallest absolute Gasteiger partial charge is 0.252 e. The molecule has 96 heavy (non-hydrogen) atoms. The summed E-state index contributed by atoms with van der Waals surface area (Å²) >= 11 is 0. The van der Waals surface area contributed by atoms with E-state index in [1.807, 2.05) is 0 Å². The van der Waals surface area contributed by atoms with Gasteiger partial charge in [-0.05, 0) is 111 Å². The Morgan fingerprint density at radius 2 is 0.552 bits per heavy atom. The molecule has 0 fully saturated rings. The Morgan fingerprint density at radius 3 is 1.01 bits per heavy atom. The molecule has 0 bridgehead atoms. The summed E-state index contributed by atoms with van der Waals surface area (Å²) in [5.41, 5.74) is 29.5. The molecule has 0 amide bonds. The molecule has 0 saturated heterocycles. The monoisotopic (exact) mass is 1220 g/mol. The van der Waals surface area contributed by atoms with Crippen LogP contribution in [0.3, 0.4) is 0 Å². The summed E-state index contributed by atoms with van der Waals surface area (Å²) in [6, 6.07) is 131. The Hall–Kier alpha value is -12.6. The van der Waals surface area contributed by atoms with E-state index in [1.54, 1.807) is 0 Å². The molecule has 2 aliphatic heterocycles. The fraction of sp³-hybridized carbons (Fsp3) is 0. The molecule has 0 saturated carbocycles. The summed E-state index contributed by atoms with van der Waals surface area (Å²) in [6.07, 6.45) is 0. The minimum atomic E-state index is -0.275. The van der Waals surface area contributed by atoms with Crippen molar-refractivity contribution >= 4 is 123 Å². The van der Waals surface area contributed by atoms with Crippen LogP contribution in [0.15, 0.2) is 352 Å². The summed E-state index contributed by atoms with van der Waals surface area (Å²) in [6.45, 7) is -0.275. The number of aromatic nitrogens is 3. The standard InChI is InChI=1S/C90H58BN5/c1-6-28-59(29-7-1)66-43-26-44-67(60-30-8-2-9-31-60)88(66)95-83-56-64(93-77-47-21-16-38-70(77)71-39-17-22-48-78(71)93)52-53-75(83)91-76-54-55-82-86(74-42-20-25-51-81(74)92(82)63-36-14-5-15-37-63)90(76)96(89-68(61-32-10-3-11-33-61)45-27-46-69(89)62-34-12-4-13-35-62)85-58-65(57-84(95)87(85)91)94-79-49-23-18-40-72(79)73-41-19-24-50-80(73)94/h1-58H. The van der Waals surface area contributed by atoms with Gasteiger partial charge in [0.15, 0.2) is 0 Å². The molecule has 5 nitrogen and oxygen atoms in total. The lowest BCUT2D eigenvalue weighted by Gasteiger charge is -2.46. The highest BCUT2D eigenvalue weighted by Gasteiger charge is 2.47. The van der Waals surface area contributed by atoms with Crippen LogP contribution in [0.1, 0.15) is 0 Å². The van der Waals surface area contributed by atoms with Crippen molar-refractivity contribution in [1.29, 1.82) is 0 Å². The lowest BCUT2D eigenvalue weighted by Crippen LogP contribution is -2.61. The maximum atomic E-state index is 2.73. The van der Waals surface area contributed by atoms with Gasteiger partial charge in [0.25, 0.3) is 6.71 Å². The van der Waals surface area contributed by atoms with Gasteiger partial charge in [-0.1, -0.05) is 279 Å². The van der Waals surface area contributed by atoms with Gasteiger partial charge < -0.3 is 23.5 Å². The third-order valence-corrected chi connectivity index (χ3v) is 20.4. The van der Waals surface area contributed by atoms with Crippen molar-refractivity contribution in [2.75, 3.05) is 9.80 Å². The van der Waals surface area contributed by atoms with Crippen LogP contribution < -0.4 is 26.2 Å². The van der Waals surface area contributed by atoms with Crippen molar-refractivity contribution in [3.8, 4) is 61.6 Å². The molecule has 446 valence electrons. The Kier molecular flexibility index (Phi) is 12.1. The largest absolute Gasteiger partial charge is 0.310 e. The van der Waals surface area contributed by atoms with E-state index in [0.29, 0.717) is 0 Å². The highest BCUT2D eigenvalue weighted by molar-refractivity contribution is 7.00. The van der Waals surface area contributed by atoms with E-state index in [4.69, 9.17) is 0 Å². The van der Waals surface area contributed by atoms with E-state index in [1.165, 1.54) is 48.7 Å². The zero-order valence-corrected chi connectivity index (χ0v) is 52.3. The molecule has 0 atom stereocenters. The Bertz CT molecular complexity index is 5930. The highest BCUT2D eigenvalue weighted by Crippen LogP contribution is 2.56. The van der Waals surface area contributed by atoms with E-state index < -0.39 is 0 Å². The van der Waals surface area contributed by atoms with Crippen LogP contribution in [0.5, 0.6) is 0 Å². The van der Waals surface area contributed by atoms with E-state index >= 15 is 0 Å². The van der Waals surface area contributed by atoms with Crippen molar-refractivity contribution in [1.82, 2.24) is 13.7 Å². The Balaban J connectivity index is 1.02. The normalized spacial score (nSPS) is 12.5. The van der Waals surface area contributed by atoms with Gasteiger partial charge in [0.05, 0.1) is 55.8 Å². The number of hydrogen-bond acceptors (Lipinski definition) is 2. The fourth-order valence-corrected chi connectivity index (χ4v) is 16.5. The molecule has 0 aliphatic carbocycles. The average molecular weight is 1220 g/mol. The first-order valence-electron chi connectivity index (χ1n) is 33.2. The minimum absolute atomic E-state index is 0.275. The third-order valence-electron chi connectivity index (χ3n) is 20.4. The molecule has 0 spiro atoms.